The van der Waals surface area contributed by atoms with Crippen molar-refractivity contribution in [1.29, 1.82) is 0 Å². The van der Waals surface area contributed by atoms with E-state index in [4.69, 9.17) is 17.0 Å². The van der Waals surface area contributed by atoms with Crippen molar-refractivity contribution in [2.45, 2.75) is 0 Å². The molecule has 106 valence electrons. The monoisotopic (exact) mass is 298 g/mol. The van der Waals surface area contributed by atoms with E-state index in [1.165, 1.54) is 0 Å². The zero-order chi connectivity index (χ0) is 14.8. The van der Waals surface area contributed by atoms with Crippen LogP contribution in [0.1, 0.15) is 0 Å². The van der Waals surface area contributed by atoms with Gasteiger partial charge in [0, 0.05) is 17.4 Å². The molecular weight excluding hydrogens is 284 g/mol. The Hall–Kier alpha value is -2.53. The molecule has 0 radical (unpaired) electrons. The fraction of sp³-hybridized carbons (Fsp3) is 0.0625. The molecule has 0 atom stereocenters. The number of nitrogens with zero attached hydrogens (tertiary/aromatic N) is 2. The van der Waals surface area contributed by atoms with Gasteiger partial charge in [0.05, 0.1) is 7.11 Å². The third-order valence-corrected chi connectivity index (χ3v) is 3.66. The lowest BCUT2D eigenvalue weighted by molar-refractivity contribution is 0.185. The minimum Gasteiger partial charge on any atom is -0.497 e. The van der Waals surface area contributed by atoms with Gasteiger partial charge in [-0.1, -0.05) is 18.2 Å². The third kappa shape index (κ3) is 2.43. The van der Waals surface area contributed by atoms with Gasteiger partial charge in [0.25, 0.3) is 0 Å². The van der Waals surface area contributed by atoms with Crippen molar-refractivity contribution < 1.29 is 9.94 Å². The Morgan fingerprint density at radius 1 is 1.00 bits per heavy atom. The molecule has 4 nitrogen and oxygen atoms in total. The van der Waals surface area contributed by atoms with Crippen molar-refractivity contribution in [1.82, 2.24) is 9.30 Å². The van der Waals surface area contributed by atoms with Crippen LogP contribution in [0.15, 0.2) is 60.8 Å². The lowest BCUT2D eigenvalue weighted by Crippen LogP contribution is -1.96. The Morgan fingerprint density at radius 2 is 1.67 bits per heavy atom. The van der Waals surface area contributed by atoms with Crippen molar-refractivity contribution in [3.05, 3.63) is 65.6 Å². The van der Waals surface area contributed by atoms with Gasteiger partial charge < -0.3 is 9.94 Å². The van der Waals surface area contributed by atoms with Crippen LogP contribution in [0.4, 0.5) is 0 Å². The second kappa shape index (κ2) is 5.46. The number of hydrogen-bond acceptors (Lipinski definition) is 3. The van der Waals surface area contributed by atoms with Gasteiger partial charge in [-0.25, -0.2) is 0 Å². The highest BCUT2D eigenvalue weighted by Crippen LogP contribution is 2.24. The molecule has 1 aromatic heterocycles. The Bertz CT molecular complexity index is 805. The van der Waals surface area contributed by atoms with Crippen LogP contribution in [0, 0.1) is 4.77 Å². The first-order valence-electron chi connectivity index (χ1n) is 6.44. The summed E-state index contributed by atoms with van der Waals surface area (Å²) in [5.74, 6) is 0.768. The summed E-state index contributed by atoms with van der Waals surface area (Å²) in [7, 11) is 1.62. The zero-order valence-corrected chi connectivity index (χ0v) is 12.2. The van der Waals surface area contributed by atoms with Gasteiger partial charge in [-0.15, -0.1) is 0 Å². The highest BCUT2D eigenvalue weighted by atomic mass is 32.1. The fourth-order valence-electron chi connectivity index (χ4n) is 2.17. The van der Waals surface area contributed by atoms with E-state index < -0.39 is 0 Å². The van der Waals surface area contributed by atoms with Gasteiger partial charge in [-0.05, 0) is 48.6 Å². The molecule has 0 saturated heterocycles. The predicted molar refractivity (Wildman–Crippen MR) is 83.8 cm³/mol. The molecule has 2 aromatic carbocycles. The summed E-state index contributed by atoms with van der Waals surface area (Å²) >= 11 is 5.30. The molecule has 0 fully saturated rings. The standard InChI is InChI=1S/C16H14N2O2S/c1-20-14-9-7-12(8-10-14)15-11-17(16(21)18(15)19)13-5-3-2-4-6-13/h2-11,19H,1H3. The molecule has 0 spiro atoms. The smallest absolute Gasteiger partial charge is 0.219 e. The largest absolute Gasteiger partial charge is 0.497 e. The van der Waals surface area contributed by atoms with Gasteiger partial charge in [0.2, 0.25) is 4.77 Å². The minimum absolute atomic E-state index is 0.326. The Morgan fingerprint density at radius 3 is 2.29 bits per heavy atom. The maximum atomic E-state index is 10.2. The predicted octanol–water partition coefficient (Wildman–Crippen LogP) is 3.92. The SMILES string of the molecule is COc1ccc(-c2cn(-c3ccccc3)c(=S)n2O)cc1. The van der Waals surface area contributed by atoms with Gasteiger partial charge in [-0.3, -0.25) is 4.57 Å². The van der Waals surface area contributed by atoms with Crippen LogP contribution in [0.3, 0.4) is 0 Å². The van der Waals surface area contributed by atoms with E-state index in [-0.39, 0.29) is 0 Å². The molecule has 0 aliphatic rings. The lowest BCUT2D eigenvalue weighted by Gasteiger charge is -2.02. The number of rotatable bonds is 3. The van der Waals surface area contributed by atoms with E-state index in [2.05, 4.69) is 0 Å². The summed E-state index contributed by atoms with van der Waals surface area (Å²) in [5.41, 5.74) is 2.40. The number of ether oxygens (including phenoxy) is 1. The topological polar surface area (TPSA) is 39.3 Å². The van der Waals surface area contributed by atoms with E-state index >= 15 is 0 Å². The van der Waals surface area contributed by atoms with Crippen LogP contribution in [-0.2, 0) is 0 Å². The molecule has 0 bridgehead atoms. The van der Waals surface area contributed by atoms with Crippen molar-refractivity contribution in [3.63, 3.8) is 0 Å². The van der Waals surface area contributed by atoms with Crippen LogP contribution in [-0.4, -0.2) is 21.6 Å². The van der Waals surface area contributed by atoms with E-state index in [9.17, 15) is 5.21 Å². The van der Waals surface area contributed by atoms with Crippen LogP contribution < -0.4 is 4.74 Å². The average molecular weight is 298 g/mol. The highest BCUT2D eigenvalue weighted by Gasteiger charge is 2.11. The van der Waals surface area contributed by atoms with Crippen LogP contribution in [0.25, 0.3) is 16.9 Å². The Balaban J connectivity index is 2.10. The molecule has 0 aliphatic carbocycles. The summed E-state index contributed by atoms with van der Waals surface area (Å²) < 4.78 is 8.26. The summed E-state index contributed by atoms with van der Waals surface area (Å²) in [4.78, 5) is 0. The Kier molecular flexibility index (Phi) is 3.50. The van der Waals surface area contributed by atoms with Crippen molar-refractivity contribution >= 4 is 12.2 Å². The number of aromatic nitrogens is 2. The molecule has 3 rings (SSSR count). The second-order valence-corrected chi connectivity index (χ2v) is 4.91. The molecule has 3 aromatic rings. The van der Waals surface area contributed by atoms with Crippen molar-refractivity contribution in [3.8, 4) is 22.7 Å². The first-order chi connectivity index (χ1) is 10.2. The summed E-state index contributed by atoms with van der Waals surface area (Å²) in [6.45, 7) is 0. The molecule has 1 heterocycles. The van der Waals surface area contributed by atoms with Gasteiger partial charge in [0.1, 0.15) is 11.4 Å². The van der Waals surface area contributed by atoms with E-state index in [1.807, 2.05) is 60.8 Å². The van der Waals surface area contributed by atoms with E-state index in [1.54, 1.807) is 11.7 Å². The molecule has 0 amide bonds. The van der Waals surface area contributed by atoms with Crippen molar-refractivity contribution in [2.75, 3.05) is 7.11 Å². The van der Waals surface area contributed by atoms with Gasteiger partial charge in [-0.2, -0.15) is 4.73 Å². The quantitative estimate of drug-likeness (QED) is 0.588. The average Bonchev–Trinajstić information content (AvgIpc) is 2.84. The molecular formula is C16H14N2O2S. The maximum absolute atomic E-state index is 10.2. The lowest BCUT2D eigenvalue weighted by atomic mass is 10.1. The van der Waals surface area contributed by atoms with Crippen molar-refractivity contribution in [2.24, 2.45) is 0 Å². The molecule has 0 saturated carbocycles. The number of hydrogen-bond donors (Lipinski definition) is 1. The zero-order valence-electron chi connectivity index (χ0n) is 11.4. The summed E-state index contributed by atoms with van der Waals surface area (Å²) in [6, 6.07) is 17.1. The molecule has 1 N–H and O–H groups in total. The van der Waals surface area contributed by atoms with Gasteiger partial charge in [0.15, 0.2) is 0 Å². The van der Waals surface area contributed by atoms with Crippen LogP contribution >= 0.6 is 12.2 Å². The van der Waals surface area contributed by atoms with Crippen LogP contribution in [0.2, 0.25) is 0 Å². The fourth-order valence-corrected chi connectivity index (χ4v) is 2.43. The molecule has 0 unspecified atom stereocenters. The number of benzene rings is 2. The van der Waals surface area contributed by atoms with E-state index in [0.29, 0.717) is 10.5 Å². The first kappa shape index (κ1) is 13.5. The summed E-state index contributed by atoms with van der Waals surface area (Å²) in [6.07, 6.45) is 1.82. The third-order valence-electron chi connectivity index (χ3n) is 3.29. The van der Waals surface area contributed by atoms with Gasteiger partial charge >= 0.3 is 0 Å². The number of methoxy groups -OCH3 is 1. The Labute approximate surface area is 127 Å². The molecule has 5 heteroatoms. The maximum Gasteiger partial charge on any atom is 0.219 e. The van der Waals surface area contributed by atoms with E-state index in [0.717, 1.165) is 21.7 Å². The molecule has 21 heavy (non-hydrogen) atoms. The second-order valence-electron chi connectivity index (χ2n) is 4.54. The molecule has 0 aliphatic heterocycles. The van der Waals surface area contributed by atoms with Crippen LogP contribution in [0.5, 0.6) is 5.75 Å². The number of imidazole rings is 1. The normalized spacial score (nSPS) is 10.5. The number of para-hydroxylation sites is 1. The first-order valence-corrected chi connectivity index (χ1v) is 6.85. The highest BCUT2D eigenvalue weighted by molar-refractivity contribution is 7.71. The summed E-state index contributed by atoms with van der Waals surface area (Å²) in [5, 5.41) is 10.2. The minimum atomic E-state index is 0.326.